The average molecular weight is 496 g/mol. The topological polar surface area (TPSA) is 45.5 Å². The molecule has 1 N–H and O–H groups in total. The van der Waals surface area contributed by atoms with Gasteiger partial charge in [-0.3, -0.25) is 4.99 Å². The lowest BCUT2D eigenvalue weighted by atomic mass is 10.3. The lowest BCUT2D eigenvalue weighted by Crippen LogP contribution is -2.39. The van der Waals surface area contributed by atoms with Crippen LogP contribution in [0.4, 0.5) is 0 Å². The molecule has 0 spiro atoms. The fourth-order valence-electron chi connectivity index (χ4n) is 2.41. The molecule has 0 aliphatic rings. The molecule has 25 heavy (non-hydrogen) atoms. The SMILES string of the molecule is CCNC(=NCCc1csc(CC)n1)N(C)Cc1cc(Cl)cn1C.I. The standard InChI is InChI=1S/C17H26ClN5S.HI/c1-5-16-21-14(12-24-16)7-8-20-17(19-6-2)23(4)11-15-9-13(18)10-22(15)3;/h9-10,12H,5-8,11H2,1-4H3,(H,19,20);1H. The maximum atomic E-state index is 6.06. The Labute approximate surface area is 176 Å². The van der Waals surface area contributed by atoms with Gasteiger partial charge in [-0.25, -0.2) is 4.98 Å². The van der Waals surface area contributed by atoms with Crippen LogP contribution in [0.3, 0.4) is 0 Å². The number of aliphatic imine (C=N–C) groups is 1. The molecular weight excluding hydrogens is 469 g/mol. The van der Waals surface area contributed by atoms with Gasteiger partial charge in [0.25, 0.3) is 0 Å². The fraction of sp³-hybridized carbons (Fsp3) is 0.529. The van der Waals surface area contributed by atoms with Crippen molar-refractivity contribution in [2.24, 2.45) is 12.0 Å². The van der Waals surface area contributed by atoms with Crippen LogP contribution in [0.15, 0.2) is 22.6 Å². The Morgan fingerprint density at radius 2 is 2.20 bits per heavy atom. The van der Waals surface area contributed by atoms with Crippen molar-refractivity contribution in [2.45, 2.75) is 33.2 Å². The van der Waals surface area contributed by atoms with E-state index in [-0.39, 0.29) is 24.0 Å². The summed E-state index contributed by atoms with van der Waals surface area (Å²) in [5.74, 6) is 0.903. The first-order chi connectivity index (χ1) is 11.5. The molecule has 2 rings (SSSR count). The summed E-state index contributed by atoms with van der Waals surface area (Å²) in [5, 5.41) is 7.44. The number of hydrogen-bond donors (Lipinski definition) is 1. The Bertz CT molecular complexity index is 682. The second-order valence-electron chi connectivity index (χ2n) is 5.69. The maximum absolute atomic E-state index is 6.06. The van der Waals surface area contributed by atoms with Crippen LogP contribution in [-0.4, -0.2) is 40.5 Å². The van der Waals surface area contributed by atoms with Gasteiger partial charge in [0.05, 0.1) is 22.3 Å². The lowest BCUT2D eigenvalue weighted by molar-refractivity contribution is 0.462. The van der Waals surface area contributed by atoms with Crippen molar-refractivity contribution in [3.63, 3.8) is 0 Å². The molecule has 2 heterocycles. The van der Waals surface area contributed by atoms with Crippen molar-refractivity contribution in [1.29, 1.82) is 0 Å². The minimum absolute atomic E-state index is 0. The Morgan fingerprint density at radius 1 is 1.44 bits per heavy atom. The van der Waals surface area contributed by atoms with E-state index in [2.05, 4.69) is 34.4 Å². The van der Waals surface area contributed by atoms with Gasteiger partial charge in [-0.2, -0.15) is 0 Å². The number of aryl methyl sites for hydroxylation is 2. The number of halogens is 2. The summed E-state index contributed by atoms with van der Waals surface area (Å²) >= 11 is 7.79. The molecule has 0 atom stereocenters. The first kappa shape index (κ1) is 22.2. The maximum Gasteiger partial charge on any atom is 0.194 e. The van der Waals surface area contributed by atoms with Crippen LogP contribution in [0.1, 0.15) is 30.2 Å². The Morgan fingerprint density at radius 3 is 2.76 bits per heavy atom. The summed E-state index contributed by atoms with van der Waals surface area (Å²) in [6.07, 6.45) is 3.79. The largest absolute Gasteiger partial charge is 0.357 e. The molecule has 140 valence electrons. The summed E-state index contributed by atoms with van der Waals surface area (Å²) in [4.78, 5) is 11.4. The summed E-state index contributed by atoms with van der Waals surface area (Å²) in [5.41, 5.74) is 2.29. The number of nitrogens with zero attached hydrogens (tertiary/aromatic N) is 4. The van der Waals surface area contributed by atoms with Gasteiger partial charge in [0.1, 0.15) is 0 Å². The monoisotopic (exact) mass is 495 g/mol. The van der Waals surface area contributed by atoms with Gasteiger partial charge in [0.2, 0.25) is 0 Å². The van der Waals surface area contributed by atoms with E-state index in [0.717, 1.165) is 54.8 Å². The quantitative estimate of drug-likeness (QED) is 0.359. The number of hydrogen-bond acceptors (Lipinski definition) is 3. The first-order valence-electron chi connectivity index (χ1n) is 8.27. The highest BCUT2D eigenvalue weighted by Crippen LogP contribution is 2.14. The van der Waals surface area contributed by atoms with E-state index in [9.17, 15) is 0 Å². The van der Waals surface area contributed by atoms with E-state index in [0.29, 0.717) is 0 Å². The number of rotatable bonds is 7. The van der Waals surface area contributed by atoms with Crippen LogP contribution in [0.2, 0.25) is 5.02 Å². The van der Waals surface area contributed by atoms with Crippen molar-refractivity contribution >= 4 is 52.9 Å². The zero-order valence-electron chi connectivity index (χ0n) is 15.3. The molecule has 5 nitrogen and oxygen atoms in total. The van der Waals surface area contributed by atoms with Crippen molar-refractivity contribution in [2.75, 3.05) is 20.1 Å². The highest BCUT2D eigenvalue weighted by molar-refractivity contribution is 14.0. The average Bonchev–Trinajstić information content (AvgIpc) is 3.13. The molecule has 0 radical (unpaired) electrons. The zero-order valence-corrected chi connectivity index (χ0v) is 19.2. The molecule has 0 aromatic carbocycles. The van der Waals surface area contributed by atoms with Gasteiger partial charge >= 0.3 is 0 Å². The second kappa shape index (κ2) is 11.0. The molecule has 0 amide bonds. The molecule has 0 aliphatic carbocycles. The highest BCUT2D eigenvalue weighted by atomic mass is 127. The van der Waals surface area contributed by atoms with Crippen LogP contribution < -0.4 is 5.32 Å². The van der Waals surface area contributed by atoms with Crippen LogP contribution >= 0.6 is 46.9 Å². The predicted octanol–water partition coefficient (Wildman–Crippen LogP) is 3.96. The Balaban J connectivity index is 0.00000312. The number of thiazole rings is 1. The van der Waals surface area contributed by atoms with Gasteiger partial charge < -0.3 is 14.8 Å². The predicted molar refractivity (Wildman–Crippen MR) is 118 cm³/mol. The summed E-state index contributed by atoms with van der Waals surface area (Å²) in [6, 6.07) is 1.99. The third kappa shape index (κ3) is 6.79. The number of aromatic nitrogens is 2. The molecule has 0 saturated carbocycles. The molecule has 0 aliphatic heterocycles. The molecule has 0 saturated heterocycles. The zero-order chi connectivity index (χ0) is 17.5. The van der Waals surface area contributed by atoms with Gasteiger partial charge in [0.15, 0.2) is 5.96 Å². The third-order valence-electron chi connectivity index (χ3n) is 3.70. The molecular formula is C17H27ClIN5S. The smallest absolute Gasteiger partial charge is 0.194 e. The molecule has 0 bridgehead atoms. The van der Waals surface area contributed by atoms with E-state index in [1.807, 2.05) is 30.9 Å². The van der Waals surface area contributed by atoms with Crippen LogP contribution in [-0.2, 0) is 26.4 Å². The minimum atomic E-state index is 0. The first-order valence-corrected chi connectivity index (χ1v) is 9.52. The highest BCUT2D eigenvalue weighted by Gasteiger charge is 2.10. The van der Waals surface area contributed by atoms with Gasteiger partial charge in [-0.05, 0) is 19.4 Å². The van der Waals surface area contributed by atoms with E-state index in [1.54, 1.807) is 11.3 Å². The van der Waals surface area contributed by atoms with Crippen LogP contribution in [0.25, 0.3) is 0 Å². The van der Waals surface area contributed by atoms with Crippen molar-refractivity contribution in [3.05, 3.63) is 39.1 Å². The van der Waals surface area contributed by atoms with Crippen molar-refractivity contribution < 1.29 is 0 Å². The number of guanidine groups is 1. The second-order valence-corrected chi connectivity index (χ2v) is 7.07. The summed E-state index contributed by atoms with van der Waals surface area (Å²) in [7, 11) is 4.05. The van der Waals surface area contributed by atoms with Gasteiger partial charge in [0, 0.05) is 50.9 Å². The number of nitrogens with one attached hydrogen (secondary N) is 1. The summed E-state index contributed by atoms with van der Waals surface area (Å²) in [6.45, 7) is 6.54. The summed E-state index contributed by atoms with van der Waals surface area (Å²) < 4.78 is 2.05. The van der Waals surface area contributed by atoms with E-state index in [1.165, 1.54) is 5.01 Å². The fourth-order valence-corrected chi connectivity index (χ4v) is 3.46. The minimum Gasteiger partial charge on any atom is -0.357 e. The molecule has 0 unspecified atom stereocenters. The van der Waals surface area contributed by atoms with Crippen LogP contribution in [0.5, 0.6) is 0 Å². The molecule has 2 aromatic heterocycles. The molecule has 8 heteroatoms. The van der Waals surface area contributed by atoms with Gasteiger partial charge in [-0.15, -0.1) is 35.3 Å². The van der Waals surface area contributed by atoms with E-state index < -0.39 is 0 Å². The molecule has 2 aromatic rings. The van der Waals surface area contributed by atoms with Crippen LogP contribution in [0, 0.1) is 0 Å². The van der Waals surface area contributed by atoms with E-state index in [4.69, 9.17) is 16.6 Å². The van der Waals surface area contributed by atoms with E-state index >= 15 is 0 Å². The third-order valence-corrected chi connectivity index (χ3v) is 4.95. The van der Waals surface area contributed by atoms with Crippen molar-refractivity contribution in [1.82, 2.24) is 19.8 Å². The Kier molecular flexibility index (Phi) is 9.81. The van der Waals surface area contributed by atoms with Crippen molar-refractivity contribution in [3.8, 4) is 0 Å². The Hall–Kier alpha value is -0.800. The normalized spacial score (nSPS) is 11.3. The van der Waals surface area contributed by atoms with Gasteiger partial charge in [-0.1, -0.05) is 18.5 Å². The lowest BCUT2D eigenvalue weighted by Gasteiger charge is -2.22. The molecule has 0 fully saturated rings.